The smallest absolute Gasteiger partial charge is 0.0683 e. The van der Waals surface area contributed by atoms with E-state index in [1.807, 2.05) is 11.8 Å². The van der Waals surface area contributed by atoms with Crippen LogP contribution in [0.15, 0.2) is 71.7 Å². The molecular weight excluding hydrogens is 382 g/mol. The van der Waals surface area contributed by atoms with Crippen LogP contribution in [0.4, 0.5) is 11.4 Å². The highest BCUT2D eigenvalue weighted by molar-refractivity contribution is 8.00. The summed E-state index contributed by atoms with van der Waals surface area (Å²) in [7, 11) is 0. The van der Waals surface area contributed by atoms with Gasteiger partial charge in [0, 0.05) is 10.6 Å². The first-order valence-corrected chi connectivity index (χ1v) is 12.2. The largest absolute Gasteiger partial charge is 0.332 e. The van der Waals surface area contributed by atoms with Crippen molar-refractivity contribution in [1.29, 1.82) is 0 Å². The lowest BCUT2D eigenvalue weighted by atomic mass is 9.76. The lowest BCUT2D eigenvalue weighted by Gasteiger charge is -2.43. The molecule has 2 atom stereocenters. The van der Waals surface area contributed by atoms with Crippen LogP contribution in [0.1, 0.15) is 65.5 Å². The zero-order valence-corrected chi connectivity index (χ0v) is 20.1. The molecule has 2 heteroatoms. The number of anilines is 2. The molecule has 2 unspecified atom stereocenters. The summed E-state index contributed by atoms with van der Waals surface area (Å²) in [5.41, 5.74) is 5.85. The molecule has 0 spiro atoms. The number of hydrogen-bond acceptors (Lipinski definition) is 2. The normalized spacial score (nSPS) is 20.8. The van der Waals surface area contributed by atoms with E-state index in [-0.39, 0.29) is 10.8 Å². The molecular formula is C28H35NS. The molecule has 2 aromatic rings. The Bertz CT molecular complexity index is 948. The topological polar surface area (TPSA) is 3.24 Å². The molecule has 1 nitrogen and oxygen atoms in total. The van der Waals surface area contributed by atoms with E-state index < -0.39 is 0 Å². The highest BCUT2D eigenvalue weighted by Gasteiger charge is 2.35. The van der Waals surface area contributed by atoms with Crippen LogP contribution in [0.3, 0.4) is 0 Å². The third-order valence-corrected chi connectivity index (χ3v) is 8.58. The molecule has 4 rings (SSSR count). The lowest BCUT2D eigenvalue weighted by molar-refractivity contribution is 0.488. The van der Waals surface area contributed by atoms with Crippen LogP contribution in [0.2, 0.25) is 0 Å². The summed E-state index contributed by atoms with van der Waals surface area (Å²) < 4.78 is 0. The van der Waals surface area contributed by atoms with Gasteiger partial charge >= 0.3 is 0 Å². The minimum atomic E-state index is 0.153. The van der Waals surface area contributed by atoms with Gasteiger partial charge in [-0.1, -0.05) is 84.0 Å². The second-order valence-electron chi connectivity index (χ2n) is 9.92. The predicted octanol–water partition coefficient (Wildman–Crippen LogP) is 8.17. The van der Waals surface area contributed by atoms with Gasteiger partial charge < -0.3 is 4.90 Å². The van der Waals surface area contributed by atoms with Gasteiger partial charge in [-0.25, -0.2) is 0 Å². The fourth-order valence-electron chi connectivity index (χ4n) is 4.23. The van der Waals surface area contributed by atoms with E-state index >= 15 is 0 Å². The Morgan fingerprint density at radius 2 is 1.43 bits per heavy atom. The van der Waals surface area contributed by atoms with Gasteiger partial charge in [-0.2, -0.15) is 0 Å². The van der Waals surface area contributed by atoms with Crippen molar-refractivity contribution >= 4 is 23.1 Å². The van der Waals surface area contributed by atoms with Gasteiger partial charge in [-0.15, -0.1) is 11.8 Å². The maximum absolute atomic E-state index is 2.58. The minimum Gasteiger partial charge on any atom is -0.332 e. The Morgan fingerprint density at radius 1 is 0.833 bits per heavy atom. The maximum Gasteiger partial charge on any atom is 0.0683 e. The zero-order chi connectivity index (χ0) is 21.5. The van der Waals surface area contributed by atoms with E-state index in [4.69, 9.17) is 0 Å². The third-order valence-electron chi connectivity index (χ3n) is 7.27. The molecule has 1 aliphatic heterocycles. The summed E-state index contributed by atoms with van der Waals surface area (Å²) in [6.07, 6.45) is 11.4. The first-order chi connectivity index (χ1) is 14.3. The quantitative estimate of drug-likeness (QED) is 0.482. The number of hydrogen-bond donors (Lipinski definition) is 0. The van der Waals surface area contributed by atoms with Crippen LogP contribution in [-0.4, -0.2) is 11.3 Å². The van der Waals surface area contributed by atoms with Crippen molar-refractivity contribution in [3.8, 4) is 0 Å². The fraction of sp³-hybridized carbons (Fsp3) is 0.429. The van der Waals surface area contributed by atoms with E-state index in [9.17, 15) is 0 Å². The van der Waals surface area contributed by atoms with Crippen LogP contribution < -0.4 is 4.90 Å². The van der Waals surface area contributed by atoms with Crippen molar-refractivity contribution in [3.05, 3.63) is 77.9 Å². The van der Waals surface area contributed by atoms with E-state index in [0.717, 1.165) is 12.8 Å². The number of benzene rings is 2. The third kappa shape index (κ3) is 3.75. The highest BCUT2D eigenvalue weighted by atomic mass is 32.2. The van der Waals surface area contributed by atoms with E-state index in [1.54, 1.807) is 0 Å². The number of thioether (sulfide) groups is 1. The van der Waals surface area contributed by atoms with Crippen molar-refractivity contribution in [2.45, 2.75) is 81.4 Å². The second-order valence-corrected chi connectivity index (χ2v) is 11.1. The van der Waals surface area contributed by atoms with Crippen molar-refractivity contribution in [2.24, 2.45) is 0 Å². The lowest BCUT2D eigenvalue weighted by Crippen LogP contribution is -2.41. The molecule has 0 N–H and O–H groups in total. The summed E-state index contributed by atoms with van der Waals surface area (Å²) in [5.74, 6) is 0. The highest BCUT2D eigenvalue weighted by Crippen LogP contribution is 2.48. The van der Waals surface area contributed by atoms with Crippen LogP contribution in [0, 0.1) is 0 Å². The fourth-order valence-corrected chi connectivity index (χ4v) is 5.49. The number of fused-ring (bicyclic) bond motifs is 2. The number of rotatable bonds is 5. The van der Waals surface area contributed by atoms with Gasteiger partial charge in [0.25, 0.3) is 0 Å². The van der Waals surface area contributed by atoms with E-state index in [2.05, 4.69) is 113 Å². The summed E-state index contributed by atoms with van der Waals surface area (Å²) in [6.45, 7) is 14.1. The van der Waals surface area contributed by atoms with Crippen molar-refractivity contribution in [2.75, 3.05) is 4.90 Å². The number of nitrogens with zero attached hydrogens (tertiary/aromatic N) is 1. The van der Waals surface area contributed by atoms with Gasteiger partial charge in [0.1, 0.15) is 0 Å². The minimum absolute atomic E-state index is 0.153. The standard InChI is InChI=1S/C28H35NS/c1-7-27(3,4)20-17-21(28(5,6)8-2)19-22(18-20)29-23-13-9-11-15-25(23)30-26-16-12-10-14-24(26)29/h9-19,23,25H,7-8H2,1-6H3. The molecule has 0 amide bonds. The predicted molar refractivity (Wildman–Crippen MR) is 133 cm³/mol. The average molecular weight is 418 g/mol. The molecule has 1 aliphatic carbocycles. The van der Waals surface area contributed by atoms with E-state index in [1.165, 1.54) is 27.4 Å². The first-order valence-electron chi connectivity index (χ1n) is 11.3. The monoisotopic (exact) mass is 417 g/mol. The molecule has 0 saturated heterocycles. The second kappa shape index (κ2) is 7.96. The number of allylic oxidation sites excluding steroid dienone is 2. The Morgan fingerprint density at radius 3 is 2.07 bits per heavy atom. The Balaban J connectivity index is 1.94. The first kappa shape index (κ1) is 21.3. The van der Waals surface area contributed by atoms with E-state index in [0.29, 0.717) is 11.3 Å². The molecule has 0 saturated carbocycles. The van der Waals surface area contributed by atoms with Gasteiger partial charge in [-0.3, -0.25) is 0 Å². The van der Waals surface area contributed by atoms with Crippen LogP contribution in [-0.2, 0) is 10.8 Å². The van der Waals surface area contributed by atoms with Gasteiger partial charge in [0.15, 0.2) is 0 Å². The van der Waals surface area contributed by atoms with Gasteiger partial charge in [0.05, 0.1) is 17.0 Å². The Labute approximate surface area is 187 Å². The summed E-state index contributed by atoms with van der Waals surface area (Å²) in [4.78, 5) is 3.95. The molecule has 0 bridgehead atoms. The van der Waals surface area contributed by atoms with Gasteiger partial charge in [0.2, 0.25) is 0 Å². The maximum atomic E-state index is 2.58. The summed E-state index contributed by atoms with van der Waals surface area (Å²) >= 11 is 1.99. The van der Waals surface area contributed by atoms with Crippen molar-refractivity contribution < 1.29 is 0 Å². The molecule has 2 aromatic carbocycles. The zero-order valence-electron chi connectivity index (χ0n) is 19.3. The van der Waals surface area contributed by atoms with Crippen LogP contribution in [0.25, 0.3) is 0 Å². The van der Waals surface area contributed by atoms with Crippen LogP contribution in [0.5, 0.6) is 0 Å². The Kier molecular flexibility index (Phi) is 5.66. The van der Waals surface area contributed by atoms with Crippen LogP contribution >= 0.6 is 11.8 Å². The number of para-hydroxylation sites is 1. The molecule has 0 radical (unpaired) electrons. The summed E-state index contributed by atoms with van der Waals surface area (Å²) in [6, 6.07) is 16.6. The van der Waals surface area contributed by atoms with Gasteiger partial charge in [-0.05, 0) is 59.1 Å². The molecule has 0 fully saturated rings. The molecule has 2 aliphatic rings. The Hall–Kier alpha value is -1.93. The molecule has 1 heterocycles. The van der Waals surface area contributed by atoms with Crippen molar-refractivity contribution in [1.82, 2.24) is 0 Å². The van der Waals surface area contributed by atoms with Crippen molar-refractivity contribution in [3.63, 3.8) is 0 Å². The SMILES string of the molecule is CCC(C)(C)c1cc(N2c3ccccc3SC3C=CC=CC32)cc(C(C)(C)CC)c1. The molecule has 158 valence electrons. The molecule has 30 heavy (non-hydrogen) atoms. The average Bonchev–Trinajstić information content (AvgIpc) is 2.77. The summed E-state index contributed by atoms with van der Waals surface area (Å²) in [5, 5.41) is 0.440. The molecule has 0 aromatic heterocycles.